The lowest BCUT2D eigenvalue weighted by Crippen LogP contribution is -2.40. The predicted molar refractivity (Wildman–Crippen MR) is 138 cm³/mol. The lowest BCUT2D eigenvalue weighted by Gasteiger charge is -2.21. The zero-order chi connectivity index (χ0) is 26.0. The van der Waals surface area contributed by atoms with E-state index in [9.17, 15) is 18.0 Å². The number of sulfonamides is 1. The second-order valence-corrected chi connectivity index (χ2v) is 9.75. The summed E-state index contributed by atoms with van der Waals surface area (Å²) >= 11 is 0. The van der Waals surface area contributed by atoms with Crippen LogP contribution in [0.5, 0.6) is 5.75 Å². The van der Waals surface area contributed by atoms with E-state index in [1.54, 1.807) is 18.2 Å². The van der Waals surface area contributed by atoms with Gasteiger partial charge in [-0.25, -0.2) is 13.8 Å². The summed E-state index contributed by atoms with van der Waals surface area (Å²) in [7, 11) is -2.48. The highest BCUT2D eigenvalue weighted by atomic mass is 32.2. The number of methoxy groups -OCH3 is 1. The molecule has 9 nitrogen and oxygen atoms in total. The van der Waals surface area contributed by atoms with Crippen molar-refractivity contribution in [3.63, 3.8) is 0 Å². The van der Waals surface area contributed by atoms with E-state index in [2.05, 4.69) is 15.8 Å². The zero-order valence-corrected chi connectivity index (χ0v) is 20.9. The molecule has 0 bridgehead atoms. The Bertz CT molecular complexity index is 1310. The van der Waals surface area contributed by atoms with Crippen molar-refractivity contribution in [2.75, 3.05) is 25.5 Å². The Kier molecular flexibility index (Phi) is 9.32. The summed E-state index contributed by atoms with van der Waals surface area (Å²) < 4.78 is 33.2. The van der Waals surface area contributed by atoms with Gasteiger partial charge in [0.05, 0.1) is 24.8 Å². The SMILES string of the molecule is COc1ccccc1/C=N\NC(=O)CN(CCc1ccccc1)S(=O)(=O)c1ccc(NC(C)=O)cc1. The van der Waals surface area contributed by atoms with Gasteiger partial charge in [0, 0.05) is 24.7 Å². The van der Waals surface area contributed by atoms with Crippen molar-refractivity contribution in [2.24, 2.45) is 5.10 Å². The number of carbonyl (C=O) groups excluding carboxylic acids is 2. The third-order valence-electron chi connectivity index (χ3n) is 5.16. The molecule has 0 aromatic heterocycles. The highest BCUT2D eigenvalue weighted by molar-refractivity contribution is 7.89. The van der Waals surface area contributed by atoms with Crippen LogP contribution in [0.1, 0.15) is 18.1 Å². The third kappa shape index (κ3) is 7.49. The summed E-state index contributed by atoms with van der Waals surface area (Å²) in [6.07, 6.45) is 1.85. The van der Waals surface area contributed by atoms with Crippen molar-refractivity contribution in [2.45, 2.75) is 18.2 Å². The molecule has 2 N–H and O–H groups in total. The molecule has 0 spiro atoms. The molecular weight excluding hydrogens is 480 g/mol. The number of nitrogens with one attached hydrogen (secondary N) is 2. The maximum Gasteiger partial charge on any atom is 0.255 e. The van der Waals surface area contributed by atoms with E-state index in [1.165, 1.54) is 44.5 Å². The number of para-hydroxylation sites is 1. The molecule has 0 atom stereocenters. The van der Waals surface area contributed by atoms with Crippen molar-refractivity contribution < 1.29 is 22.7 Å². The van der Waals surface area contributed by atoms with Crippen LogP contribution >= 0.6 is 0 Å². The number of hydrogen-bond donors (Lipinski definition) is 2. The normalized spacial score (nSPS) is 11.4. The van der Waals surface area contributed by atoms with E-state index in [-0.39, 0.29) is 17.3 Å². The maximum atomic E-state index is 13.4. The number of carbonyl (C=O) groups is 2. The molecule has 2 amide bonds. The van der Waals surface area contributed by atoms with Gasteiger partial charge in [-0.2, -0.15) is 9.41 Å². The Morgan fingerprint density at radius 2 is 1.64 bits per heavy atom. The number of nitrogens with zero attached hydrogens (tertiary/aromatic N) is 2. The molecule has 3 aromatic rings. The van der Waals surface area contributed by atoms with Gasteiger partial charge in [-0.05, 0) is 48.4 Å². The molecule has 0 saturated heterocycles. The summed E-state index contributed by atoms with van der Waals surface area (Å²) in [4.78, 5) is 23.9. The minimum Gasteiger partial charge on any atom is -0.496 e. The number of ether oxygens (including phenoxy) is 1. The van der Waals surface area contributed by atoms with Crippen LogP contribution in [-0.2, 0) is 26.0 Å². The van der Waals surface area contributed by atoms with Gasteiger partial charge >= 0.3 is 0 Å². The first-order valence-corrected chi connectivity index (χ1v) is 12.6. The lowest BCUT2D eigenvalue weighted by molar-refractivity contribution is -0.121. The van der Waals surface area contributed by atoms with E-state index < -0.39 is 22.5 Å². The number of anilines is 1. The fourth-order valence-corrected chi connectivity index (χ4v) is 4.78. The van der Waals surface area contributed by atoms with Crippen LogP contribution in [0.4, 0.5) is 5.69 Å². The molecule has 0 unspecified atom stereocenters. The van der Waals surface area contributed by atoms with Crippen LogP contribution in [0.25, 0.3) is 0 Å². The third-order valence-corrected chi connectivity index (χ3v) is 7.02. The molecule has 0 aliphatic rings. The molecule has 188 valence electrons. The smallest absolute Gasteiger partial charge is 0.255 e. The number of rotatable bonds is 11. The number of hydrazone groups is 1. The minimum absolute atomic E-state index is 0.00925. The van der Waals surface area contributed by atoms with Crippen molar-refractivity contribution in [1.29, 1.82) is 0 Å². The first-order chi connectivity index (χ1) is 17.3. The van der Waals surface area contributed by atoms with E-state index in [1.807, 2.05) is 36.4 Å². The summed E-state index contributed by atoms with van der Waals surface area (Å²) in [5.41, 5.74) is 4.46. The van der Waals surface area contributed by atoms with Gasteiger partial charge in [-0.15, -0.1) is 0 Å². The second-order valence-electron chi connectivity index (χ2n) is 7.81. The van der Waals surface area contributed by atoms with Crippen molar-refractivity contribution in [3.05, 3.63) is 90.0 Å². The average molecular weight is 509 g/mol. The van der Waals surface area contributed by atoms with Crippen molar-refractivity contribution in [1.82, 2.24) is 9.73 Å². The monoisotopic (exact) mass is 508 g/mol. The highest BCUT2D eigenvalue weighted by Crippen LogP contribution is 2.19. The summed E-state index contributed by atoms with van der Waals surface area (Å²) in [6, 6.07) is 22.4. The molecule has 0 fully saturated rings. The van der Waals surface area contributed by atoms with E-state index >= 15 is 0 Å². The predicted octanol–water partition coefficient (Wildman–Crippen LogP) is 3.04. The zero-order valence-electron chi connectivity index (χ0n) is 20.0. The molecule has 3 rings (SSSR count). The van der Waals surface area contributed by atoms with Crippen LogP contribution < -0.4 is 15.5 Å². The molecule has 3 aromatic carbocycles. The molecule has 0 heterocycles. The first kappa shape index (κ1) is 26.6. The van der Waals surface area contributed by atoms with Gasteiger partial charge in [-0.3, -0.25) is 9.59 Å². The molecule has 0 radical (unpaired) electrons. The topological polar surface area (TPSA) is 117 Å². The maximum absolute atomic E-state index is 13.4. The second kappa shape index (κ2) is 12.6. The molecule has 0 aliphatic heterocycles. The van der Waals surface area contributed by atoms with Crippen LogP contribution in [0.2, 0.25) is 0 Å². The Morgan fingerprint density at radius 3 is 2.31 bits per heavy atom. The lowest BCUT2D eigenvalue weighted by atomic mass is 10.1. The van der Waals surface area contributed by atoms with E-state index in [0.717, 1.165) is 9.87 Å². The number of hydrogen-bond acceptors (Lipinski definition) is 6. The first-order valence-electron chi connectivity index (χ1n) is 11.2. The quantitative estimate of drug-likeness (QED) is 0.305. The Morgan fingerprint density at radius 1 is 0.972 bits per heavy atom. The van der Waals surface area contributed by atoms with Crippen LogP contribution in [0, 0.1) is 0 Å². The largest absolute Gasteiger partial charge is 0.496 e. The van der Waals surface area contributed by atoms with Crippen molar-refractivity contribution >= 4 is 33.7 Å². The molecule has 0 aliphatic carbocycles. The summed E-state index contributed by atoms with van der Waals surface area (Å²) in [5.74, 6) is -0.265. The van der Waals surface area contributed by atoms with Gasteiger partial charge in [0.1, 0.15) is 5.75 Å². The van der Waals surface area contributed by atoms with Crippen molar-refractivity contribution in [3.8, 4) is 5.75 Å². The van der Waals surface area contributed by atoms with Gasteiger partial charge in [0.2, 0.25) is 15.9 Å². The highest BCUT2D eigenvalue weighted by Gasteiger charge is 2.26. The number of amides is 2. The Labute approximate surface area is 210 Å². The molecular formula is C26H28N4O5S. The van der Waals surface area contributed by atoms with E-state index in [0.29, 0.717) is 23.4 Å². The van der Waals surface area contributed by atoms with Crippen LogP contribution in [-0.4, -0.2) is 51.0 Å². The fourth-order valence-electron chi connectivity index (χ4n) is 3.39. The minimum atomic E-state index is -4.01. The molecule has 10 heteroatoms. The standard InChI is InChI=1S/C26H28N4O5S/c1-20(31)28-23-12-14-24(15-13-23)36(33,34)30(17-16-21-8-4-3-5-9-21)19-26(32)29-27-18-22-10-6-7-11-25(22)35-2/h3-15,18H,16-17,19H2,1-2H3,(H,28,31)(H,29,32)/b27-18-. The van der Waals surface area contributed by atoms with Gasteiger partial charge < -0.3 is 10.1 Å². The van der Waals surface area contributed by atoms with Gasteiger partial charge in [-0.1, -0.05) is 42.5 Å². The number of benzene rings is 3. The summed E-state index contributed by atoms with van der Waals surface area (Å²) in [6.45, 7) is 1.03. The molecule has 0 saturated carbocycles. The van der Waals surface area contributed by atoms with Crippen LogP contribution in [0.3, 0.4) is 0 Å². The molecule has 36 heavy (non-hydrogen) atoms. The Hall–Kier alpha value is -4.02. The van der Waals surface area contributed by atoms with Gasteiger partial charge in [0.15, 0.2) is 0 Å². The van der Waals surface area contributed by atoms with E-state index in [4.69, 9.17) is 4.74 Å². The van der Waals surface area contributed by atoms with Gasteiger partial charge in [0.25, 0.3) is 5.91 Å². The summed E-state index contributed by atoms with van der Waals surface area (Å²) in [5, 5.41) is 6.55. The average Bonchev–Trinajstić information content (AvgIpc) is 2.87. The van der Waals surface area contributed by atoms with Crippen LogP contribution in [0.15, 0.2) is 88.9 Å². The Balaban J connectivity index is 1.76. The fraction of sp³-hybridized carbons (Fsp3) is 0.192.